The summed E-state index contributed by atoms with van der Waals surface area (Å²) in [6.45, 7) is 3.12. The van der Waals surface area contributed by atoms with E-state index in [4.69, 9.17) is 27.4 Å². The summed E-state index contributed by atoms with van der Waals surface area (Å²) < 4.78 is 9.53. The minimum Gasteiger partial charge on any atom is -0.430 e. The lowest BCUT2D eigenvalue weighted by Crippen LogP contribution is -2.18. The number of hydrogen-bond acceptors (Lipinski definition) is 4. The predicted molar refractivity (Wildman–Crippen MR) is 102 cm³/mol. The van der Waals surface area contributed by atoms with E-state index in [1.54, 1.807) is 11.9 Å². The summed E-state index contributed by atoms with van der Waals surface area (Å²) in [7, 11) is 0.532. The third kappa shape index (κ3) is 5.32. The fourth-order valence-electron chi connectivity index (χ4n) is 2.38. The Hall–Kier alpha value is 1.13. The monoisotopic (exact) mass is 389 g/mol. The van der Waals surface area contributed by atoms with Gasteiger partial charge in [0.15, 0.2) is 5.09 Å². The first-order valence-corrected chi connectivity index (χ1v) is 12.7. The van der Waals surface area contributed by atoms with E-state index in [9.17, 15) is 0 Å². The molecule has 0 spiro atoms. The Morgan fingerprint density at radius 2 is 2.05 bits per heavy atom. The van der Waals surface area contributed by atoms with E-state index in [1.807, 2.05) is 10.8 Å². The summed E-state index contributed by atoms with van der Waals surface area (Å²) in [4.78, 5) is 0. The quantitative estimate of drug-likeness (QED) is 0.225. The first kappa shape index (κ1) is 18.5. The highest BCUT2D eigenvalue weighted by Gasteiger charge is 2.46. The van der Waals surface area contributed by atoms with Crippen LogP contribution in [-0.4, -0.2) is 28.1 Å². The van der Waals surface area contributed by atoms with Crippen molar-refractivity contribution in [3.63, 3.8) is 0 Å². The van der Waals surface area contributed by atoms with Crippen molar-refractivity contribution in [1.82, 2.24) is 4.72 Å². The van der Waals surface area contributed by atoms with Gasteiger partial charge in [0.25, 0.3) is 0 Å². The minimum atomic E-state index is -1.34. The molecule has 2 aliphatic rings. The SMILES string of the molecule is CCCCCCCCS1(OC2=CCNS2)SCC(Cl)C1Cl. The van der Waals surface area contributed by atoms with E-state index in [-0.39, 0.29) is 10.1 Å². The molecule has 2 aliphatic heterocycles. The molecule has 0 aromatic heterocycles. The van der Waals surface area contributed by atoms with Crippen LogP contribution < -0.4 is 4.72 Å². The highest BCUT2D eigenvalue weighted by Crippen LogP contribution is 2.73. The molecular formula is C14H25Cl2NOS3. The molecule has 2 heterocycles. The largest absolute Gasteiger partial charge is 0.430 e. The van der Waals surface area contributed by atoms with E-state index >= 15 is 0 Å². The molecule has 3 unspecified atom stereocenters. The van der Waals surface area contributed by atoms with Crippen LogP contribution >= 0.6 is 55.3 Å². The molecule has 21 heavy (non-hydrogen) atoms. The van der Waals surface area contributed by atoms with E-state index in [2.05, 4.69) is 17.7 Å². The van der Waals surface area contributed by atoms with Crippen molar-refractivity contribution >= 4 is 55.3 Å². The van der Waals surface area contributed by atoms with Crippen LogP contribution in [0.4, 0.5) is 0 Å². The van der Waals surface area contributed by atoms with Gasteiger partial charge in [-0.3, -0.25) is 4.72 Å². The second-order valence-electron chi connectivity index (χ2n) is 5.34. The molecule has 124 valence electrons. The van der Waals surface area contributed by atoms with Gasteiger partial charge < -0.3 is 4.18 Å². The number of nitrogens with one attached hydrogen (secondary N) is 1. The van der Waals surface area contributed by atoms with Gasteiger partial charge in [0, 0.05) is 18.1 Å². The molecule has 2 rings (SSSR count). The first-order chi connectivity index (χ1) is 10.2. The molecule has 2 nitrogen and oxygen atoms in total. The van der Waals surface area contributed by atoms with Crippen molar-refractivity contribution in [1.29, 1.82) is 0 Å². The topological polar surface area (TPSA) is 21.3 Å². The Balaban J connectivity index is 1.84. The van der Waals surface area contributed by atoms with Crippen LogP contribution in [0.2, 0.25) is 0 Å². The highest BCUT2D eigenvalue weighted by atomic mass is 35.5. The van der Waals surface area contributed by atoms with Crippen molar-refractivity contribution in [2.75, 3.05) is 18.1 Å². The molecule has 0 saturated carbocycles. The maximum Gasteiger partial charge on any atom is 0.181 e. The van der Waals surface area contributed by atoms with Gasteiger partial charge in [-0.05, 0) is 33.8 Å². The lowest BCUT2D eigenvalue weighted by molar-refractivity contribution is 0.525. The lowest BCUT2D eigenvalue weighted by Gasteiger charge is -2.37. The van der Waals surface area contributed by atoms with E-state index < -0.39 is 9.34 Å². The van der Waals surface area contributed by atoms with Gasteiger partial charge in [0.2, 0.25) is 0 Å². The van der Waals surface area contributed by atoms with Crippen molar-refractivity contribution in [2.24, 2.45) is 0 Å². The molecular weight excluding hydrogens is 365 g/mol. The van der Waals surface area contributed by atoms with Gasteiger partial charge in [-0.1, -0.05) is 49.8 Å². The number of halogens is 2. The van der Waals surface area contributed by atoms with Crippen LogP contribution in [0.25, 0.3) is 0 Å². The maximum absolute atomic E-state index is 6.63. The van der Waals surface area contributed by atoms with Crippen LogP contribution in [0.5, 0.6) is 0 Å². The predicted octanol–water partition coefficient (Wildman–Crippen LogP) is 6.01. The Labute approximate surface area is 148 Å². The van der Waals surface area contributed by atoms with Gasteiger partial charge in [-0.15, -0.1) is 23.2 Å². The molecule has 1 fully saturated rings. The Bertz CT molecular complexity index is 359. The smallest absolute Gasteiger partial charge is 0.181 e. The maximum atomic E-state index is 6.63. The molecule has 3 atom stereocenters. The number of unbranched alkanes of at least 4 members (excludes halogenated alkanes) is 5. The van der Waals surface area contributed by atoms with Crippen molar-refractivity contribution in [3.8, 4) is 0 Å². The summed E-state index contributed by atoms with van der Waals surface area (Å²) >= 11 is 14.6. The molecule has 1 saturated heterocycles. The normalized spacial score (nSPS) is 35.5. The van der Waals surface area contributed by atoms with Gasteiger partial charge in [0.05, 0.1) is 5.38 Å². The van der Waals surface area contributed by atoms with Crippen LogP contribution in [0.15, 0.2) is 11.2 Å². The number of alkyl halides is 2. The van der Waals surface area contributed by atoms with Gasteiger partial charge in [-0.2, -0.15) is 0 Å². The molecule has 7 heteroatoms. The van der Waals surface area contributed by atoms with Crippen molar-refractivity contribution in [3.05, 3.63) is 11.2 Å². The number of rotatable bonds is 9. The van der Waals surface area contributed by atoms with E-state index in [0.717, 1.165) is 23.1 Å². The van der Waals surface area contributed by atoms with Crippen LogP contribution in [0.1, 0.15) is 45.4 Å². The molecule has 0 amide bonds. The molecule has 0 aliphatic carbocycles. The average Bonchev–Trinajstić information content (AvgIpc) is 3.08. The van der Waals surface area contributed by atoms with Crippen LogP contribution in [0, 0.1) is 0 Å². The van der Waals surface area contributed by atoms with E-state index in [0.29, 0.717) is 0 Å². The average molecular weight is 390 g/mol. The zero-order valence-electron chi connectivity index (χ0n) is 12.5. The molecule has 1 N–H and O–H groups in total. The first-order valence-electron chi connectivity index (χ1n) is 7.69. The molecule has 0 aromatic rings. The second-order valence-corrected chi connectivity index (χ2v) is 12.9. The van der Waals surface area contributed by atoms with Gasteiger partial charge in [-0.25, -0.2) is 0 Å². The second kappa shape index (κ2) is 9.43. The summed E-state index contributed by atoms with van der Waals surface area (Å²) in [6, 6.07) is 0. The van der Waals surface area contributed by atoms with Gasteiger partial charge in [0.1, 0.15) is 4.71 Å². The summed E-state index contributed by atoms with van der Waals surface area (Å²) in [5.74, 6) is 1.98. The number of hydrogen-bond donors (Lipinski definition) is 1. The summed E-state index contributed by atoms with van der Waals surface area (Å²) in [5, 5.41) is 1.02. The Morgan fingerprint density at radius 3 is 2.67 bits per heavy atom. The molecule has 0 bridgehead atoms. The fourth-order valence-corrected chi connectivity index (χ4v) is 11.5. The Morgan fingerprint density at radius 1 is 1.29 bits per heavy atom. The third-order valence-corrected chi connectivity index (χ3v) is 13.0. The van der Waals surface area contributed by atoms with Crippen molar-refractivity contribution in [2.45, 2.75) is 55.5 Å². The molecule has 0 radical (unpaired) electrons. The third-order valence-electron chi connectivity index (χ3n) is 3.58. The summed E-state index contributed by atoms with van der Waals surface area (Å²) in [5.41, 5.74) is 0. The van der Waals surface area contributed by atoms with Crippen LogP contribution in [0.3, 0.4) is 0 Å². The summed E-state index contributed by atoms with van der Waals surface area (Å²) in [6.07, 6.45) is 9.89. The zero-order valence-corrected chi connectivity index (χ0v) is 16.4. The van der Waals surface area contributed by atoms with Gasteiger partial charge >= 0.3 is 0 Å². The Kier molecular flexibility index (Phi) is 8.29. The highest BCUT2D eigenvalue weighted by molar-refractivity contribution is 8.93. The lowest BCUT2D eigenvalue weighted by atomic mass is 10.1. The van der Waals surface area contributed by atoms with E-state index in [1.165, 1.54) is 38.5 Å². The molecule has 0 aromatic carbocycles. The minimum absolute atomic E-state index is 0.0340. The van der Waals surface area contributed by atoms with Crippen molar-refractivity contribution < 1.29 is 4.18 Å². The standard InChI is InChI=1S/C14H25Cl2NOS3/c1-2-3-4-5-6-7-10-21(14(16)12(15)11-19-21)18-13-8-9-17-20-13/h8,12,14,17H,2-7,9-11H2,1H3. The fraction of sp³-hybridized carbons (Fsp3) is 0.857. The zero-order chi connectivity index (χ0) is 15.1. The van der Waals surface area contributed by atoms with Crippen LogP contribution in [-0.2, 0) is 4.18 Å².